The van der Waals surface area contributed by atoms with Gasteiger partial charge in [0.25, 0.3) is 11.8 Å². The summed E-state index contributed by atoms with van der Waals surface area (Å²) in [5.74, 6) is -3.86. The Kier molecular flexibility index (Phi) is 5.71. The van der Waals surface area contributed by atoms with Crippen molar-refractivity contribution in [2.45, 2.75) is 76.1 Å². The molecule has 0 spiro atoms. The summed E-state index contributed by atoms with van der Waals surface area (Å²) in [5.41, 5.74) is 0.379. The Morgan fingerprint density at radius 3 is 2.46 bits per heavy atom. The standard InChI is InChI=1S/C25H28F5N5O2/c1-12-5-18(20-34-35-21(37-20)32-15-6-13-9-23(36,10-15)25(13,29)30)33-19-16(12)7-14(31-11-24(26,27)28)8-17(19)22(2,3)4/h5,7-8,13,15,31,36H,6,9-11H2,1-4H3,(H,32,35). The number of hydrogen-bond acceptors (Lipinski definition) is 7. The van der Waals surface area contributed by atoms with Gasteiger partial charge in [0.05, 0.1) is 5.52 Å². The second-order valence-electron chi connectivity index (χ2n) is 11.2. The lowest BCUT2D eigenvalue weighted by atomic mass is 9.57. The van der Waals surface area contributed by atoms with Crippen molar-refractivity contribution in [3.05, 3.63) is 29.3 Å². The van der Waals surface area contributed by atoms with Crippen LogP contribution in [0.3, 0.4) is 0 Å². The lowest BCUT2D eigenvalue weighted by Gasteiger charge is -2.57. The second-order valence-corrected chi connectivity index (χ2v) is 11.2. The summed E-state index contributed by atoms with van der Waals surface area (Å²) in [5, 5.41) is 24.3. The molecule has 7 nitrogen and oxygen atoms in total. The molecule has 2 bridgehead atoms. The number of fused-ring (bicyclic) bond motifs is 3. The van der Waals surface area contributed by atoms with Crippen LogP contribution < -0.4 is 10.6 Å². The highest BCUT2D eigenvalue weighted by atomic mass is 19.4. The Balaban J connectivity index is 1.43. The van der Waals surface area contributed by atoms with Crippen LogP contribution in [0, 0.1) is 12.8 Å². The monoisotopic (exact) mass is 525 g/mol. The fourth-order valence-electron chi connectivity index (χ4n) is 5.35. The van der Waals surface area contributed by atoms with Gasteiger partial charge in [0.15, 0.2) is 0 Å². The molecule has 3 atom stereocenters. The van der Waals surface area contributed by atoms with Gasteiger partial charge >= 0.3 is 12.2 Å². The summed E-state index contributed by atoms with van der Waals surface area (Å²) < 4.78 is 72.0. The van der Waals surface area contributed by atoms with E-state index in [0.29, 0.717) is 22.3 Å². The average Bonchev–Trinajstić information content (AvgIpc) is 3.24. The number of halogens is 5. The largest absolute Gasteiger partial charge is 0.405 e. The number of pyridine rings is 1. The highest BCUT2D eigenvalue weighted by molar-refractivity contribution is 5.90. The molecule has 2 aromatic heterocycles. The molecule has 0 saturated heterocycles. The number of aromatic nitrogens is 3. The first-order valence-electron chi connectivity index (χ1n) is 12.0. The Morgan fingerprint density at radius 1 is 1.11 bits per heavy atom. The van der Waals surface area contributed by atoms with E-state index < -0.39 is 41.6 Å². The van der Waals surface area contributed by atoms with Crippen LogP contribution in [-0.4, -0.2) is 50.6 Å². The van der Waals surface area contributed by atoms with Crippen molar-refractivity contribution >= 4 is 22.6 Å². The van der Waals surface area contributed by atoms with Gasteiger partial charge in [-0.25, -0.2) is 13.8 Å². The number of hydrogen-bond donors (Lipinski definition) is 3. The van der Waals surface area contributed by atoms with Crippen molar-refractivity contribution < 1.29 is 31.5 Å². The van der Waals surface area contributed by atoms with Crippen LogP contribution in [0.25, 0.3) is 22.5 Å². The van der Waals surface area contributed by atoms with E-state index in [9.17, 15) is 27.1 Å². The first-order chi connectivity index (χ1) is 17.1. The minimum Gasteiger partial charge on any atom is -0.402 e. The van der Waals surface area contributed by atoms with Crippen LogP contribution in [0.4, 0.5) is 33.7 Å². The van der Waals surface area contributed by atoms with E-state index in [-0.39, 0.29) is 31.2 Å². The van der Waals surface area contributed by atoms with Gasteiger partial charge in [-0.2, -0.15) is 13.2 Å². The van der Waals surface area contributed by atoms with Gasteiger partial charge in [-0.1, -0.05) is 25.9 Å². The van der Waals surface area contributed by atoms with Crippen molar-refractivity contribution in [3.63, 3.8) is 0 Å². The van der Waals surface area contributed by atoms with Gasteiger partial charge in [0, 0.05) is 29.5 Å². The van der Waals surface area contributed by atoms with Crippen LogP contribution in [0.5, 0.6) is 0 Å². The Hall–Kier alpha value is -3.02. The van der Waals surface area contributed by atoms with E-state index >= 15 is 0 Å². The zero-order chi connectivity index (χ0) is 27.0. The smallest absolute Gasteiger partial charge is 0.402 e. The number of anilines is 2. The molecule has 1 aromatic carbocycles. The minimum absolute atomic E-state index is 0.0375. The summed E-state index contributed by atoms with van der Waals surface area (Å²) in [4.78, 5) is 4.72. The van der Waals surface area contributed by atoms with E-state index in [1.807, 2.05) is 27.7 Å². The maximum absolute atomic E-state index is 14.0. The lowest BCUT2D eigenvalue weighted by molar-refractivity contribution is -0.311. The quantitative estimate of drug-likeness (QED) is 0.361. The number of aliphatic hydroxyl groups is 1. The van der Waals surface area contributed by atoms with Crippen LogP contribution in [0.2, 0.25) is 0 Å². The molecule has 0 amide bonds. The van der Waals surface area contributed by atoms with E-state index in [0.717, 1.165) is 11.1 Å². The maximum Gasteiger partial charge on any atom is 0.405 e. The normalized spacial score (nSPS) is 25.1. The van der Waals surface area contributed by atoms with Gasteiger partial charge in [0.2, 0.25) is 0 Å². The Morgan fingerprint density at radius 2 is 1.84 bits per heavy atom. The third-order valence-electron chi connectivity index (χ3n) is 7.26. The summed E-state index contributed by atoms with van der Waals surface area (Å²) in [6.07, 6.45) is -4.22. The van der Waals surface area contributed by atoms with Crippen molar-refractivity contribution in [1.29, 1.82) is 0 Å². The third kappa shape index (κ3) is 4.60. The summed E-state index contributed by atoms with van der Waals surface area (Å²) in [6, 6.07) is 4.62. The number of aryl methyl sites for hydroxylation is 1. The van der Waals surface area contributed by atoms with E-state index in [4.69, 9.17) is 9.40 Å². The Bertz CT molecular complexity index is 1350. The number of nitrogens with one attached hydrogen (secondary N) is 2. The summed E-state index contributed by atoms with van der Waals surface area (Å²) in [6.45, 7) is 6.50. The summed E-state index contributed by atoms with van der Waals surface area (Å²) in [7, 11) is 0. The first-order valence-corrected chi connectivity index (χ1v) is 12.0. The third-order valence-corrected chi connectivity index (χ3v) is 7.26. The number of nitrogens with zero attached hydrogens (tertiary/aromatic N) is 3. The molecular weight excluding hydrogens is 497 g/mol. The summed E-state index contributed by atoms with van der Waals surface area (Å²) >= 11 is 0. The first kappa shape index (κ1) is 25.6. The van der Waals surface area contributed by atoms with Crippen molar-refractivity contribution in [2.24, 2.45) is 5.92 Å². The van der Waals surface area contributed by atoms with Gasteiger partial charge in [-0.05, 0) is 54.5 Å². The van der Waals surface area contributed by atoms with E-state index in [1.54, 1.807) is 18.2 Å². The average molecular weight is 526 g/mol. The molecule has 12 heteroatoms. The minimum atomic E-state index is -4.35. The molecule has 6 rings (SSSR count). The van der Waals surface area contributed by atoms with Crippen molar-refractivity contribution in [3.8, 4) is 11.6 Å². The molecule has 2 heterocycles. The zero-order valence-electron chi connectivity index (χ0n) is 20.8. The fraction of sp³-hybridized carbons (Fsp3) is 0.560. The van der Waals surface area contributed by atoms with Crippen LogP contribution in [0.1, 0.15) is 51.2 Å². The predicted molar refractivity (Wildman–Crippen MR) is 128 cm³/mol. The fourth-order valence-corrected chi connectivity index (χ4v) is 5.35. The molecule has 0 aliphatic heterocycles. The van der Waals surface area contributed by atoms with Gasteiger partial charge < -0.3 is 20.2 Å². The molecule has 3 saturated carbocycles. The highest BCUT2D eigenvalue weighted by Gasteiger charge is 2.71. The molecule has 37 heavy (non-hydrogen) atoms. The molecule has 3 aromatic rings. The van der Waals surface area contributed by atoms with Gasteiger partial charge in [-0.3, -0.25) is 0 Å². The molecule has 3 aliphatic carbocycles. The van der Waals surface area contributed by atoms with Crippen molar-refractivity contribution in [1.82, 2.24) is 15.2 Å². The van der Waals surface area contributed by atoms with Gasteiger partial charge in [0.1, 0.15) is 17.8 Å². The number of alkyl halides is 5. The second kappa shape index (κ2) is 8.24. The highest BCUT2D eigenvalue weighted by Crippen LogP contribution is 2.59. The van der Waals surface area contributed by atoms with E-state index in [1.165, 1.54) is 0 Å². The maximum atomic E-state index is 14.0. The molecule has 3 N–H and O–H groups in total. The zero-order valence-corrected chi connectivity index (χ0v) is 20.8. The van der Waals surface area contributed by atoms with Crippen molar-refractivity contribution in [2.75, 3.05) is 17.2 Å². The molecule has 3 fully saturated rings. The van der Waals surface area contributed by atoms with Crippen LogP contribution in [-0.2, 0) is 5.41 Å². The molecular formula is C25H28F5N5O2. The number of rotatable bonds is 5. The van der Waals surface area contributed by atoms with Crippen LogP contribution in [0.15, 0.2) is 22.6 Å². The van der Waals surface area contributed by atoms with Crippen LogP contribution >= 0.6 is 0 Å². The number of benzene rings is 1. The Labute approximate surface area is 209 Å². The van der Waals surface area contributed by atoms with E-state index in [2.05, 4.69) is 20.8 Å². The molecule has 0 radical (unpaired) electrons. The molecule has 200 valence electrons. The lowest BCUT2D eigenvalue weighted by Crippen LogP contribution is -2.69. The SMILES string of the molecule is Cc1cc(-c2nnc(NC3CC4CC(O)(C3)C4(F)F)o2)nc2c(C(C)(C)C)cc(NCC(F)(F)F)cc12. The van der Waals surface area contributed by atoms with Gasteiger partial charge in [-0.15, -0.1) is 5.10 Å². The topological polar surface area (TPSA) is 96.1 Å². The predicted octanol–water partition coefficient (Wildman–Crippen LogP) is 5.83. The molecule has 3 unspecified atom stereocenters. The molecule has 3 aliphatic rings.